The zero-order chi connectivity index (χ0) is 17.0. The number of ether oxygens (including phenoxy) is 2. The van der Waals surface area contributed by atoms with E-state index in [4.69, 9.17) is 9.47 Å². The third kappa shape index (κ3) is 4.49. The van der Waals surface area contributed by atoms with Gasteiger partial charge >= 0.3 is 6.09 Å². The fourth-order valence-corrected chi connectivity index (χ4v) is 3.00. The summed E-state index contributed by atoms with van der Waals surface area (Å²) in [6.45, 7) is 6.90. The van der Waals surface area contributed by atoms with E-state index in [0.29, 0.717) is 30.3 Å². The lowest BCUT2D eigenvalue weighted by atomic mass is 9.78. The molecule has 1 amide bonds. The highest BCUT2D eigenvalue weighted by molar-refractivity contribution is 5.68. The molecule has 1 saturated heterocycles. The molecular weight excluding hydrogens is 294 g/mol. The number of rotatable bonds is 2. The number of carbonyl (C=O) groups excluding carboxylic acids is 2. The highest BCUT2D eigenvalue weighted by Gasteiger charge is 2.32. The molecule has 1 fully saturated rings. The molecule has 0 saturated carbocycles. The zero-order valence-corrected chi connectivity index (χ0v) is 14.3. The van der Waals surface area contributed by atoms with Gasteiger partial charge in [0.25, 0.3) is 0 Å². The maximum absolute atomic E-state index is 12.1. The van der Waals surface area contributed by atoms with Gasteiger partial charge in [-0.05, 0) is 51.7 Å². The van der Waals surface area contributed by atoms with Crippen molar-refractivity contribution in [3.63, 3.8) is 0 Å². The molecule has 0 aromatic rings. The summed E-state index contributed by atoms with van der Waals surface area (Å²) in [4.78, 5) is 25.1. The number of nitrogens with zero attached hydrogens (tertiary/aromatic N) is 1. The third-order valence-electron chi connectivity index (χ3n) is 4.18. The van der Waals surface area contributed by atoms with Gasteiger partial charge in [-0.3, -0.25) is 0 Å². The van der Waals surface area contributed by atoms with E-state index in [2.05, 4.69) is 0 Å². The van der Waals surface area contributed by atoms with E-state index in [1.807, 2.05) is 38.9 Å². The highest BCUT2D eigenvalue weighted by atomic mass is 16.6. The molecule has 0 spiro atoms. The molecule has 23 heavy (non-hydrogen) atoms. The van der Waals surface area contributed by atoms with Gasteiger partial charge in [0.05, 0.1) is 7.11 Å². The first-order chi connectivity index (χ1) is 10.8. The van der Waals surface area contributed by atoms with Gasteiger partial charge in [0.15, 0.2) is 0 Å². The van der Waals surface area contributed by atoms with Crippen LogP contribution in [0.5, 0.6) is 0 Å². The van der Waals surface area contributed by atoms with Crippen molar-refractivity contribution in [3.05, 3.63) is 29.6 Å². The predicted molar refractivity (Wildman–Crippen MR) is 87.5 cm³/mol. The van der Waals surface area contributed by atoms with E-state index in [9.17, 15) is 9.59 Å². The summed E-state index contributed by atoms with van der Waals surface area (Å²) < 4.78 is 10.6. The molecule has 0 bridgehead atoms. The van der Waals surface area contributed by atoms with Crippen LogP contribution < -0.4 is 0 Å². The van der Waals surface area contributed by atoms with Crippen molar-refractivity contribution in [2.24, 2.45) is 11.8 Å². The largest absolute Gasteiger partial charge is 0.497 e. The Kier molecular flexibility index (Phi) is 5.32. The molecule has 0 radical (unpaired) electrons. The Balaban J connectivity index is 1.95. The maximum Gasteiger partial charge on any atom is 0.410 e. The van der Waals surface area contributed by atoms with Gasteiger partial charge in [0.2, 0.25) is 0 Å². The normalized spacial score (nSPS) is 22.4. The smallest absolute Gasteiger partial charge is 0.410 e. The van der Waals surface area contributed by atoms with Crippen molar-refractivity contribution < 1.29 is 19.1 Å². The van der Waals surface area contributed by atoms with Crippen LogP contribution in [0.15, 0.2) is 29.6 Å². The standard InChI is InChI=1S/C18H25NO4/c1-18(2,3)23-17(21)19-9-7-13(8-10-19)16-6-5-15(22-4)11-14(16)12-20/h5-6,11,13,16H,7-10H2,1-4H3. The minimum absolute atomic E-state index is 0.0483. The molecule has 0 aromatic carbocycles. The molecule has 1 heterocycles. The number of likely N-dealkylation sites (tertiary alicyclic amines) is 1. The lowest BCUT2D eigenvalue weighted by molar-refractivity contribution is 0.0174. The fourth-order valence-electron chi connectivity index (χ4n) is 3.00. The van der Waals surface area contributed by atoms with Crippen molar-refractivity contribution >= 4 is 12.0 Å². The molecule has 0 N–H and O–H groups in total. The minimum Gasteiger partial charge on any atom is -0.497 e. The Morgan fingerprint density at radius 2 is 1.96 bits per heavy atom. The first kappa shape index (κ1) is 17.4. The summed E-state index contributed by atoms with van der Waals surface area (Å²) in [5.74, 6) is 3.08. The first-order valence-corrected chi connectivity index (χ1v) is 8.01. The number of piperidine rings is 1. The van der Waals surface area contributed by atoms with E-state index >= 15 is 0 Å². The van der Waals surface area contributed by atoms with Gasteiger partial charge in [-0.1, -0.05) is 6.08 Å². The molecule has 1 aliphatic heterocycles. The molecule has 5 nitrogen and oxygen atoms in total. The van der Waals surface area contributed by atoms with Gasteiger partial charge in [-0.2, -0.15) is 0 Å². The molecule has 2 rings (SSSR count). The van der Waals surface area contributed by atoms with Crippen LogP contribution in [-0.4, -0.2) is 42.7 Å². The topological polar surface area (TPSA) is 55.8 Å². The first-order valence-electron chi connectivity index (χ1n) is 8.01. The Morgan fingerprint density at radius 1 is 1.30 bits per heavy atom. The van der Waals surface area contributed by atoms with Gasteiger partial charge in [0, 0.05) is 24.6 Å². The molecule has 5 heteroatoms. The Bertz CT molecular complexity index is 556. The highest BCUT2D eigenvalue weighted by Crippen LogP contribution is 2.34. The monoisotopic (exact) mass is 319 g/mol. The van der Waals surface area contributed by atoms with Crippen molar-refractivity contribution in [2.75, 3.05) is 20.2 Å². The van der Waals surface area contributed by atoms with Gasteiger partial charge in [0.1, 0.15) is 17.3 Å². The number of hydrogen-bond donors (Lipinski definition) is 0. The van der Waals surface area contributed by atoms with Gasteiger partial charge in [-0.25, -0.2) is 9.59 Å². The SMILES string of the molecule is COC1=CC(=C=O)C(C2CCN(C(=O)OC(C)(C)C)CC2)C=C1. The molecule has 0 aromatic heterocycles. The summed E-state index contributed by atoms with van der Waals surface area (Å²) in [5, 5.41) is 0. The second-order valence-corrected chi connectivity index (χ2v) is 7.00. The van der Waals surface area contributed by atoms with Crippen LogP contribution in [-0.2, 0) is 14.3 Å². The summed E-state index contributed by atoms with van der Waals surface area (Å²) in [5.41, 5.74) is 0.148. The number of allylic oxidation sites excluding steroid dienone is 4. The van der Waals surface area contributed by atoms with Crippen LogP contribution in [0.4, 0.5) is 4.79 Å². The average Bonchev–Trinajstić information content (AvgIpc) is 2.52. The quantitative estimate of drug-likeness (QED) is 0.734. The molecule has 126 valence electrons. The predicted octanol–water partition coefficient (Wildman–Crippen LogP) is 3.11. The Labute approximate surface area is 137 Å². The van der Waals surface area contributed by atoms with Gasteiger partial charge < -0.3 is 14.4 Å². The summed E-state index contributed by atoms with van der Waals surface area (Å²) in [6, 6.07) is 0. The Hall–Kier alpha value is -2.00. The number of methoxy groups -OCH3 is 1. The summed E-state index contributed by atoms with van der Waals surface area (Å²) in [7, 11) is 1.58. The van der Waals surface area contributed by atoms with Crippen molar-refractivity contribution in [2.45, 2.75) is 39.2 Å². The molecular formula is C18H25NO4. The van der Waals surface area contributed by atoms with Crippen LogP contribution in [0.1, 0.15) is 33.6 Å². The van der Waals surface area contributed by atoms with Crippen molar-refractivity contribution in [1.29, 1.82) is 0 Å². The van der Waals surface area contributed by atoms with Crippen LogP contribution in [0.2, 0.25) is 0 Å². The molecule has 1 unspecified atom stereocenters. The lowest BCUT2D eigenvalue weighted by Gasteiger charge is -2.36. The van der Waals surface area contributed by atoms with Crippen molar-refractivity contribution in [3.8, 4) is 0 Å². The van der Waals surface area contributed by atoms with Crippen LogP contribution >= 0.6 is 0 Å². The minimum atomic E-state index is -0.477. The third-order valence-corrected chi connectivity index (χ3v) is 4.18. The van der Waals surface area contributed by atoms with Gasteiger partial charge in [-0.15, -0.1) is 0 Å². The van der Waals surface area contributed by atoms with E-state index in [1.165, 1.54) is 0 Å². The number of amides is 1. The van der Waals surface area contributed by atoms with E-state index in [1.54, 1.807) is 18.1 Å². The van der Waals surface area contributed by atoms with Crippen LogP contribution in [0.3, 0.4) is 0 Å². The summed E-state index contributed by atoms with van der Waals surface area (Å²) in [6.07, 6.45) is 7.07. The van der Waals surface area contributed by atoms with E-state index < -0.39 is 5.60 Å². The van der Waals surface area contributed by atoms with E-state index in [-0.39, 0.29) is 12.0 Å². The van der Waals surface area contributed by atoms with Crippen LogP contribution in [0.25, 0.3) is 0 Å². The lowest BCUT2D eigenvalue weighted by Crippen LogP contribution is -2.43. The second kappa shape index (κ2) is 7.05. The van der Waals surface area contributed by atoms with E-state index in [0.717, 1.165) is 12.8 Å². The summed E-state index contributed by atoms with van der Waals surface area (Å²) >= 11 is 0. The zero-order valence-electron chi connectivity index (χ0n) is 14.3. The molecule has 1 atom stereocenters. The molecule has 2 aliphatic rings. The average molecular weight is 319 g/mol. The Morgan fingerprint density at radius 3 is 2.48 bits per heavy atom. The molecule has 1 aliphatic carbocycles. The maximum atomic E-state index is 12.1. The second-order valence-electron chi connectivity index (χ2n) is 7.00. The van der Waals surface area contributed by atoms with Crippen molar-refractivity contribution in [1.82, 2.24) is 4.90 Å². The number of carbonyl (C=O) groups is 1. The number of hydrogen-bond acceptors (Lipinski definition) is 4. The fraction of sp³-hybridized carbons (Fsp3) is 0.611. The van der Waals surface area contributed by atoms with Crippen LogP contribution in [0, 0.1) is 11.8 Å².